The zero-order valence-electron chi connectivity index (χ0n) is 9.66. The van der Waals surface area contributed by atoms with Gasteiger partial charge in [-0.25, -0.2) is 0 Å². The first kappa shape index (κ1) is 12.5. The number of hydrogen-bond acceptors (Lipinski definition) is 5. The van der Waals surface area contributed by atoms with Crippen LogP contribution in [0.25, 0.3) is 0 Å². The first-order valence-corrected chi connectivity index (χ1v) is 6.26. The summed E-state index contributed by atoms with van der Waals surface area (Å²) in [4.78, 5) is 1.20. The molecule has 1 atom stereocenters. The van der Waals surface area contributed by atoms with Gasteiger partial charge in [-0.15, -0.1) is 5.10 Å². The molecule has 0 saturated carbocycles. The molecule has 0 aliphatic rings. The van der Waals surface area contributed by atoms with Crippen molar-refractivity contribution in [1.29, 1.82) is 0 Å². The van der Waals surface area contributed by atoms with Crippen molar-refractivity contribution in [1.82, 2.24) is 15.0 Å². The van der Waals surface area contributed by atoms with Crippen molar-refractivity contribution in [2.45, 2.75) is 52.0 Å². The van der Waals surface area contributed by atoms with E-state index in [0.29, 0.717) is 5.92 Å². The van der Waals surface area contributed by atoms with Crippen LogP contribution >= 0.6 is 11.5 Å². The lowest BCUT2D eigenvalue weighted by Gasteiger charge is -2.15. The molecule has 0 saturated heterocycles. The average molecular weight is 228 g/mol. The van der Waals surface area contributed by atoms with Gasteiger partial charge in [-0.3, -0.25) is 11.3 Å². The van der Waals surface area contributed by atoms with E-state index in [1.165, 1.54) is 29.3 Å². The molecule has 1 aromatic rings. The molecule has 0 bridgehead atoms. The third-order valence-electron chi connectivity index (χ3n) is 2.45. The summed E-state index contributed by atoms with van der Waals surface area (Å²) in [6.07, 6.45) is 3.41. The Morgan fingerprint density at radius 3 is 2.73 bits per heavy atom. The van der Waals surface area contributed by atoms with E-state index in [9.17, 15) is 0 Å². The predicted molar refractivity (Wildman–Crippen MR) is 63.6 cm³/mol. The molecular weight excluding hydrogens is 208 g/mol. The molecule has 0 aliphatic carbocycles. The van der Waals surface area contributed by atoms with Crippen molar-refractivity contribution in [3.05, 3.63) is 10.6 Å². The summed E-state index contributed by atoms with van der Waals surface area (Å²) < 4.78 is 4.02. The number of rotatable bonds is 6. The van der Waals surface area contributed by atoms with Gasteiger partial charge in [0, 0.05) is 0 Å². The third kappa shape index (κ3) is 3.22. The van der Waals surface area contributed by atoms with Crippen LogP contribution in [-0.2, 0) is 0 Å². The highest BCUT2D eigenvalue weighted by molar-refractivity contribution is 7.05. The van der Waals surface area contributed by atoms with Crippen molar-refractivity contribution in [2.75, 3.05) is 0 Å². The summed E-state index contributed by atoms with van der Waals surface area (Å²) in [5.74, 6) is 5.99. The molecule has 5 heteroatoms. The van der Waals surface area contributed by atoms with Crippen LogP contribution in [0, 0.1) is 0 Å². The van der Waals surface area contributed by atoms with Gasteiger partial charge in [-0.05, 0) is 23.9 Å². The van der Waals surface area contributed by atoms with Gasteiger partial charge in [0.25, 0.3) is 0 Å². The van der Waals surface area contributed by atoms with Gasteiger partial charge in [0.1, 0.15) is 0 Å². The van der Waals surface area contributed by atoms with E-state index in [2.05, 4.69) is 35.8 Å². The quantitative estimate of drug-likeness (QED) is 0.579. The normalized spacial score (nSPS) is 13.4. The lowest BCUT2D eigenvalue weighted by molar-refractivity contribution is 0.496. The molecule has 86 valence electrons. The molecule has 15 heavy (non-hydrogen) atoms. The van der Waals surface area contributed by atoms with Gasteiger partial charge >= 0.3 is 0 Å². The first-order valence-electron chi connectivity index (χ1n) is 5.49. The van der Waals surface area contributed by atoms with Crippen LogP contribution in [0.4, 0.5) is 0 Å². The Labute approximate surface area is 95.4 Å². The van der Waals surface area contributed by atoms with Crippen molar-refractivity contribution < 1.29 is 0 Å². The highest BCUT2D eigenvalue weighted by Crippen LogP contribution is 2.28. The second kappa shape index (κ2) is 6.15. The molecule has 3 N–H and O–H groups in total. The Morgan fingerprint density at radius 1 is 1.47 bits per heavy atom. The van der Waals surface area contributed by atoms with E-state index in [1.54, 1.807) is 0 Å². The minimum absolute atomic E-state index is 0.211. The van der Waals surface area contributed by atoms with Crippen LogP contribution in [0.5, 0.6) is 0 Å². The summed E-state index contributed by atoms with van der Waals surface area (Å²) in [5.41, 5.74) is 3.95. The van der Waals surface area contributed by atoms with E-state index in [1.807, 2.05) is 0 Å². The molecule has 1 rings (SSSR count). The fraction of sp³-hybridized carbons (Fsp3) is 0.800. The number of nitrogens with two attached hydrogens (primary N) is 1. The maximum absolute atomic E-state index is 5.57. The predicted octanol–water partition coefficient (Wildman–Crippen LogP) is 2.36. The zero-order chi connectivity index (χ0) is 11.3. The Bertz CT molecular complexity index is 285. The van der Waals surface area contributed by atoms with Gasteiger partial charge in [0.2, 0.25) is 0 Å². The minimum Gasteiger partial charge on any atom is -0.271 e. The molecule has 1 aromatic heterocycles. The van der Waals surface area contributed by atoms with Crippen molar-refractivity contribution in [2.24, 2.45) is 5.84 Å². The van der Waals surface area contributed by atoms with Crippen LogP contribution in [0.3, 0.4) is 0 Å². The maximum Gasteiger partial charge on any atom is 0.0829 e. The molecule has 0 spiro atoms. The monoisotopic (exact) mass is 228 g/mol. The lowest BCUT2D eigenvalue weighted by Crippen LogP contribution is -2.28. The van der Waals surface area contributed by atoms with E-state index < -0.39 is 0 Å². The SMILES string of the molecule is CCCCC(NN)c1snnc1C(C)C. The number of aromatic nitrogens is 2. The topological polar surface area (TPSA) is 63.8 Å². The third-order valence-corrected chi connectivity index (χ3v) is 3.30. The molecule has 0 amide bonds. The van der Waals surface area contributed by atoms with Crippen LogP contribution in [0.15, 0.2) is 0 Å². The molecule has 1 unspecified atom stereocenters. The highest BCUT2D eigenvalue weighted by atomic mass is 32.1. The maximum atomic E-state index is 5.57. The first-order chi connectivity index (χ1) is 7.20. The molecule has 0 fully saturated rings. The summed E-state index contributed by atoms with van der Waals surface area (Å²) in [7, 11) is 0. The number of hydrogen-bond donors (Lipinski definition) is 2. The molecule has 0 aliphatic heterocycles. The Balaban J connectivity index is 2.76. The Kier molecular flexibility index (Phi) is 5.14. The minimum atomic E-state index is 0.211. The van der Waals surface area contributed by atoms with Gasteiger partial charge in [-0.1, -0.05) is 38.1 Å². The van der Waals surface area contributed by atoms with E-state index in [-0.39, 0.29) is 6.04 Å². The van der Waals surface area contributed by atoms with Crippen LogP contribution < -0.4 is 11.3 Å². The Hall–Kier alpha value is -0.520. The number of nitrogens with one attached hydrogen (secondary N) is 1. The van der Waals surface area contributed by atoms with E-state index in [0.717, 1.165) is 12.1 Å². The second-order valence-electron chi connectivity index (χ2n) is 4.04. The van der Waals surface area contributed by atoms with Crippen LogP contribution in [0.1, 0.15) is 62.6 Å². The van der Waals surface area contributed by atoms with Gasteiger partial charge in [0.15, 0.2) is 0 Å². The summed E-state index contributed by atoms with van der Waals surface area (Å²) in [6.45, 7) is 6.45. The van der Waals surface area contributed by atoms with Gasteiger partial charge < -0.3 is 0 Å². The summed E-state index contributed by atoms with van der Waals surface area (Å²) in [5, 5.41) is 4.17. The average Bonchev–Trinajstić information content (AvgIpc) is 2.68. The molecule has 4 nitrogen and oxygen atoms in total. The number of unbranched alkanes of at least 4 members (excludes halogenated alkanes) is 1. The molecule has 1 heterocycles. The zero-order valence-corrected chi connectivity index (χ0v) is 10.5. The van der Waals surface area contributed by atoms with E-state index in [4.69, 9.17) is 5.84 Å². The summed E-state index contributed by atoms with van der Waals surface area (Å²) >= 11 is 1.46. The molecule has 0 radical (unpaired) electrons. The summed E-state index contributed by atoms with van der Waals surface area (Å²) in [6, 6.07) is 0.211. The van der Waals surface area contributed by atoms with Crippen molar-refractivity contribution >= 4 is 11.5 Å². The fourth-order valence-corrected chi connectivity index (χ4v) is 2.44. The standard InChI is InChI=1S/C10H20N4S/c1-4-5-6-8(12-11)10-9(7(2)3)13-14-15-10/h7-8,12H,4-6,11H2,1-3H3. The van der Waals surface area contributed by atoms with Crippen LogP contribution in [-0.4, -0.2) is 9.59 Å². The van der Waals surface area contributed by atoms with Crippen molar-refractivity contribution in [3.8, 4) is 0 Å². The second-order valence-corrected chi connectivity index (χ2v) is 4.82. The highest BCUT2D eigenvalue weighted by Gasteiger charge is 2.19. The van der Waals surface area contributed by atoms with Crippen LogP contribution in [0.2, 0.25) is 0 Å². The van der Waals surface area contributed by atoms with Gasteiger partial charge in [-0.2, -0.15) is 0 Å². The molecule has 0 aromatic carbocycles. The number of hydrazine groups is 1. The lowest BCUT2D eigenvalue weighted by atomic mass is 10.0. The Morgan fingerprint density at radius 2 is 2.20 bits per heavy atom. The molecular formula is C10H20N4S. The van der Waals surface area contributed by atoms with Gasteiger partial charge in [0.05, 0.1) is 16.6 Å². The smallest absolute Gasteiger partial charge is 0.0829 e. The fourth-order valence-electron chi connectivity index (χ4n) is 1.54. The number of nitrogens with zero attached hydrogens (tertiary/aromatic N) is 2. The van der Waals surface area contributed by atoms with E-state index >= 15 is 0 Å². The van der Waals surface area contributed by atoms with Crippen molar-refractivity contribution in [3.63, 3.8) is 0 Å². The largest absolute Gasteiger partial charge is 0.271 e.